The average Bonchev–Trinajstić information content (AvgIpc) is 1.81. The van der Waals surface area contributed by atoms with Crippen molar-refractivity contribution in [2.45, 2.75) is 32.4 Å². The van der Waals surface area contributed by atoms with Crippen LogP contribution in [0.15, 0.2) is 0 Å². The summed E-state index contributed by atoms with van der Waals surface area (Å²) in [5, 5.41) is 0. The van der Waals surface area contributed by atoms with Crippen LogP contribution in [-0.2, 0) is 4.74 Å². The highest BCUT2D eigenvalue weighted by Gasteiger charge is 2.03. The highest BCUT2D eigenvalue weighted by atomic mass is 35.5. The molecular formula is C8H16ClNO. The van der Waals surface area contributed by atoms with Gasteiger partial charge in [-0.05, 0) is 20.8 Å². The van der Waals surface area contributed by atoms with Crippen molar-refractivity contribution in [3.05, 3.63) is 0 Å². The van der Waals surface area contributed by atoms with Gasteiger partial charge in [0.15, 0.2) is 0 Å². The summed E-state index contributed by atoms with van der Waals surface area (Å²) in [6.45, 7) is 5.61. The molecule has 2 nitrogen and oxygen atoms in total. The van der Waals surface area contributed by atoms with Crippen molar-refractivity contribution in [3.63, 3.8) is 0 Å². The fourth-order valence-electron chi connectivity index (χ4n) is 0.347. The van der Waals surface area contributed by atoms with Crippen molar-refractivity contribution >= 4 is 12.4 Å². The van der Waals surface area contributed by atoms with Gasteiger partial charge in [-0.15, -0.1) is 12.4 Å². The van der Waals surface area contributed by atoms with Crippen LogP contribution in [0.1, 0.15) is 20.8 Å². The Morgan fingerprint density at radius 2 is 1.91 bits per heavy atom. The lowest BCUT2D eigenvalue weighted by Crippen LogP contribution is -2.29. The van der Waals surface area contributed by atoms with Crippen LogP contribution in [0.4, 0.5) is 0 Å². The molecule has 0 aliphatic rings. The molecule has 3 heteroatoms. The second-order valence-electron chi connectivity index (χ2n) is 2.87. The number of nitrogens with two attached hydrogens (primary N) is 1. The second kappa shape index (κ2) is 5.42. The number of ether oxygens (including phenoxy) is 1. The summed E-state index contributed by atoms with van der Waals surface area (Å²) in [5.74, 6) is 5.75. The molecule has 0 fully saturated rings. The van der Waals surface area contributed by atoms with Crippen LogP contribution in [0.25, 0.3) is 0 Å². The van der Waals surface area contributed by atoms with Gasteiger partial charge in [0.05, 0.1) is 5.54 Å². The van der Waals surface area contributed by atoms with Crippen LogP contribution in [-0.4, -0.2) is 18.8 Å². The number of halogens is 1. The molecule has 0 bridgehead atoms. The molecule has 0 rings (SSSR count). The lowest BCUT2D eigenvalue weighted by atomic mass is 10.1. The van der Waals surface area contributed by atoms with E-state index < -0.39 is 5.54 Å². The van der Waals surface area contributed by atoms with Gasteiger partial charge in [0.2, 0.25) is 0 Å². The van der Waals surface area contributed by atoms with Crippen molar-refractivity contribution in [1.82, 2.24) is 0 Å². The molecule has 0 aromatic rings. The number of methoxy groups -OCH3 is 1. The van der Waals surface area contributed by atoms with Crippen LogP contribution >= 0.6 is 12.4 Å². The standard InChI is InChI=1S/C8H15NO.ClH/c1-7(10-4)5-6-8(2,3)9;/h7H,9H2,1-4H3;1H. The Bertz CT molecular complexity index is 152. The van der Waals surface area contributed by atoms with E-state index in [1.54, 1.807) is 7.11 Å². The van der Waals surface area contributed by atoms with Crippen LogP contribution in [0.3, 0.4) is 0 Å². The summed E-state index contributed by atoms with van der Waals surface area (Å²) in [5.41, 5.74) is 5.20. The number of hydrogen-bond donors (Lipinski definition) is 1. The van der Waals surface area contributed by atoms with Crippen LogP contribution < -0.4 is 5.73 Å². The van der Waals surface area contributed by atoms with Crippen molar-refractivity contribution in [3.8, 4) is 11.8 Å². The van der Waals surface area contributed by atoms with E-state index in [0.717, 1.165) is 0 Å². The predicted molar refractivity (Wildman–Crippen MR) is 49.8 cm³/mol. The van der Waals surface area contributed by atoms with E-state index in [0.29, 0.717) is 0 Å². The third-order valence-electron chi connectivity index (χ3n) is 0.951. The van der Waals surface area contributed by atoms with Gasteiger partial charge in [-0.1, -0.05) is 11.8 Å². The molecule has 0 aliphatic heterocycles. The van der Waals surface area contributed by atoms with E-state index in [1.165, 1.54) is 0 Å². The average molecular weight is 178 g/mol. The van der Waals surface area contributed by atoms with Gasteiger partial charge >= 0.3 is 0 Å². The molecule has 0 aromatic heterocycles. The lowest BCUT2D eigenvalue weighted by molar-refractivity contribution is 0.163. The molecule has 0 radical (unpaired) electrons. The molecule has 0 aromatic carbocycles. The summed E-state index contributed by atoms with van der Waals surface area (Å²) in [4.78, 5) is 0. The molecule has 0 spiro atoms. The second-order valence-corrected chi connectivity index (χ2v) is 2.87. The number of hydrogen-bond acceptors (Lipinski definition) is 2. The zero-order valence-corrected chi connectivity index (χ0v) is 8.29. The first-order valence-electron chi connectivity index (χ1n) is 3.30. The molecule has 11 heavy (non-hydrogen) atoms. The molecule has 0 amide bonds. The minimum Gasteiger partial charge on any atom is -0.369 e. The highest BCUT2D eigenvalue weighted by Crippen LogP contribution is 1.93. The Morgan fingerprint density at radius 1 is 1.45 bits per heavy atom. The maximum absolute atomic E-state index is 5.61. The maximum atomic E-state index is 5.61. The molecule has 0 heterocycles. The topological polar surface area (TPSA) is 35.2 Å². The lowest BCUT2D eigenvalue weighted by Gasteiger charge is -2.08. The summed E-state index contributed by atoms with van der Waals surface area (Å²) in [6.07, 6.45) is -0.0252. The first-order valence-corrected chi connectivity index (χ1v) is 3.30. The van der Waals surface area contributed by atoms with E-state index in [1.807, 2.05) is 20.8 Å². The van der Waals surface area contributed by atoms with Gasteiger partial charge < -0.3 is 10.5 Å². The minimum absolute atomic E-state index is 0. The summed E-state index contributed by atoms with van der Waals surface area (Å²) in [6, 6.07) is 0. The van der Waals surface area contributed by atoms with Crippen molar-refractivity contribution in [2.24, 2.45) is 5.73 Å². The molecule has 1 atom stereocenters. The normalized spacial score (nSPS) is 12.5. The molecule has 66 valence electrons. The third-order valence-corrected chi connectivity index (χ3v) is 0.951. The van der Waals surface area contributed by atoms with Gasteiger partial charge in [0.1, 0.15) is 6.10 Å². The first-order chi connectivity index (χ1) is 4.45. The monoisotopic (exact) mass is 177 g/mol. The molecular weight excluding hydrogens is 162 g/mol. The minimum atomic E-state index is -0.410. The van der Waals surface area contributed by atoms with Gasteiger partial charge in [-0.2, -0.15) is 0 Å². The fourth-order valence-corrected chi connectivity index (χ4v) is 0.347. The molecule has 1 unspecified atom stereocenters. The van der Waals surface area contributed by atoms with E-state index in [2.05, 4.69) is 11.8 Å². The maximum Gasteiger partial charge on any atom is 0.115 e. The number of rotatable bonds is 1. The van der Waals surface area contributed by atoms with Crippen LogP contribution in [0.5, 0.6) is 0 Å². The van der Waals surface area contributed by atoms with Crippen molar-refractivity contribution < 1.29 is 4.74 Å². The Kier molecular flexibility index (Phi) is 6.59. The smallest absolute Gasteiger partial charge is 0.115 e. The summed E-state index contributed by atoms with van der Waals surface area (Å²) >= 11 is 0. The third kappa shape index (κ3) is 9.77. The van der Waals surface area contributed by atoms with E-state index in [9.17, 15) is 0 Å². The van der Waals surface area contributed by atoms with E-state index >= 15 is 0 Å². The van der Waals surface area contributed by atoms with Crippen molar-refractivity contribution in [1.29, 1.82) is 0 Å². The molecule has 0 saturated heterocycles. The Balaban J connectivity index is 0. The van der Waals surface area contributed by atoms with E-state index in [-0.39, 0.29) is 18.5 Å². The quantitative estimate of drug-likeness (QED) is 0.611. The van der Waals surface area contributed by atoms with Crippen molar-refractivity contribution in [2.75, 3.05) is 7.11 Å². The van der Waals surface area contributed by atoms with Crippen LogP contribution in [0, 0.1) is 11.8 Å². The van der Waals surface area contributed by atoms with Gasteiger partial charge in [0.25, 0.3) is 0 Å². The zero-order chi connectivity index (χ0) is 8.20. The molecule has 0 saturated carbocycles. The largest absolute Gasteiger partial charge is 0.369 e. The van der Waals surface area contributed by atoms with Gasteiger partial charge in [0, 0.05) is 7.11 Å². The highest BCUT2D eigenvalue weighted by molar-refractivity contribution is 5.85. The SMILES string of the molecule is COC(C)C#CC(C)(C)N.Cl. The van der Waals surface area contributed by atoms with Gasteiger partial charge in [-0.3, -0.25) is 0 Å². The fraction of sp³-hybridized carbons (Fsp3) is 0.750. The summed E-state index contributed by atoms with van der Waals surface area (Å²) in [7, 11) is 1.63. The van der Waals surface area contributed by atoms with Crippen LogP contribution in [0.2, 0.25) is 0 Å². The summed E-state index contributed by atoms with van der Waals surface area (Å²) < 4.78 is 4.92. The van der Waals surface area contributed by atoms with E-state index in [4.69, 9.17) is 10.5 Å². The molecule has 0 aliphatic carbocycles. The zero-order valence-electron chi connectivity index (χ0n) is 7.47. The first kappa shape index (κ1) is 13.4. The molecule has 2 N–H and O–H groups in total. The van der Waals surface area contributed by atoms with Gasteiger partial charge in [-0.25, -0.2) is 0 Å². The Labute approximate surface area is 74.9 Å². The Hall–Kier alpha value is -0.230. The predicted octanol–water partition coefficient (Wildman–Crippen LogP) is 1.18. The Morgan fingerprint density at radius 3 is 2.18 bits per heavy atom.